The zero-order chi connectivity index (χ0) is 26.1. The van der Waals surface area contributed by atoms with Crippen LogP contribution in [-0.4, -0.2) is 35.9 Å². The van der Waals surface area contributed by atoms with Crippen LogP contribution < -0.4 is 10.1 Å². The Kier molecular flexibility index (Phi) is 10.4. The summed E-state index contributed by atoms with van der Waals surface area (Å²) in [5, 5.41) is 3.59. The van der Waals surface area contributed by atoms with Crippen LogP contribution in [0.3, 0.4) is 0 Å². The van der Waals surface area contributed by atoms with E-state index in [1.807, 2.05) is 75.4 Å². The van der Waals surface area contributed by atoms with Crippen molar-refractivity contribution in [3.05, 3.63) is 98.5 Å². The minimum Gasteiger partial charge on any atom is -0.484 e. The van der Waals surface area contributed by atoms with Gasteiger partial charge >= 0.3 is 0 Å². The lowest BCUT2D eigenvalue weighted by Gasteiger charge is -2.31. The third-order valence-electron chi connectivity index (χ3n) is 5.86. The lowest BCUT2D eigenvalue weighted by atomic mass is 10.0. The summed E-state index contributed by atoms with van der Waals surface area (Å²) in [5.74, 6) is 0.164. The summed E-state index contributed by atoms with van der Waals surface area (Å²) in [6, 6.07) is 20.1. The molecule has 0 aliphatic carbocycles. The van der Waals surface area contributed by atoms with Crippen LogP contribution in [0.1, 0.15) is 35.6 Å². The third-order valence-corrected chi connectivity index (χ3v) is 7.36. The van der Waals surface area contributed by atoms with Crippen molar-refractivity contribution < 1.29 is 14.3 Å². The van der Waals surface area contributed by atoms with Crippen LogP contribution >= 0.6 is 27.5 Å². The van der Waals surface area contributed by atoms with E-state index in [-0.39, 0.29) is 25.0 Å². The fraction of sp³-hybridized carbons (Fsp3) is 0.310. The van der Waals surface area contributed by atoms with Crippen LogP contribution in [0.25, 0.3) is 0 Å². The predicted molar refractivity (Wildman–Crippen MR) is 148 cm³/mol. The van der Waals surface area contributed by atoms with E-state index >= 15 is 0 Å². The van der Waals surface area contributed by atoms with E-state index < -0.39 is 6.04 Å². The molecule has 5 nitrogen and oxygen atoms in total. The van der Waals surface area contributed by atoms with Crippen LogP contribution in [0, 0.1) is 13.8 Å². The van der Waals surface area contributed by atoms with Gasteiger partial charge in [0.05, 0.1) is 0 Å². The van der Waals surface area contributed by atoms with Gasteiger partial charge in [-0.3, -0.25) is 9.59 Å². The molecule has 0 spiro atoms. The summed E-state index contributed by atoms with van der Waals surface area (Å²) in [4.78, 5) is 28.6. The van der Waals surface area contributed by atoms with Gasteiger partial charge in [-0.25, -0.2) is 0 Å². The summed E-state index contributed by atoms with van der Waals surface area (Å²) in [6.45, 7) is 6.58. The Hall–Kier alpha value is -2.83. The number of carbonyl (C=O) groups is 2. The van der Waals surface area contributed by atoms with Gasteiger partial charge in [0.15, 0.2) is 6.61 Å². The SMILES string of the molecule is CCCNC(=O)[C@@H](Cc1ccccc1)N(Cc1ccc(Cl)cc1)C(=O)COc1cc(C)c(Br)c(C)c1. The Morgan fingerprint density at radius 3 is 2.25 bits per heavy atom. The van der Waals surface area contributed by atoms with Crippen molar-refractivity contribution in [1.29, 1.82) is 0 Å². The minimum absolute atomic E-state index is 0.180. The van der Waals surface area contributed by atoms with E-state index in [4.69, 9.17) is 16.3 Å². The van der Waals surface area contributed by atoms with Gasteiger partial charge in [0, 0.05) is 29.0 Å². The number of nitrogens with one attached hydrogen (secondary N) is 1. The molecule has 0 radical (unpaired) electrons. The molecule has 0 fully saturated rings. The lowest BCUT2D eigenvalue weighted by molar-refractivity contribution is -0.142. The van der Waals surface area contributed by atoms with E-state index in [9.17, 15) is 9.59 Å². The molecule has 3 aromatic rings. The molecule has 0 bridgehead atoms. The number of rotatable bonds is 11. The number of nitrogens with zero attached hydrogens (tertiary/aromatic N) is 1. The highest BCUT2D eigenvalue weighted by atomic mass is 79.9. The van der Waals surface area contributed by atoms with Crippen LogP contribution in [0.15, 0.2) is 71.2 Å². The second kappa shape index (κ2) is 13.5. The van der Waals surface area contributed by atoms with Gasteiger partial charge in [0.1, 0.15) is 11.8 Å². The highest BCUT2D eigenvalue weighted by Crippen LogP contribution is 2.26. The van der Waals surface area contributed by atoms with Crippen molar-refractivity contribution in [2.75, 3.05) is 13.2 Å². The Balaban J connectivity index is 1.90. The Morgan fingerprint density at radius 1 is 1.00 bits per heavy atom. The minimum atomic E-state index is -0.695. The highest BCUT2D eigenvalue weighted by molar-refractivity contribution is 9.10. The molecule has 0 heterocycles. The van der Waals surface area contributed by atoms with Crippen molar-refractivity contribution in [3.63, 3.8) is 0 Å². The number of hydrogen-bond acceptors (Lipinski definition) is 3. The van der Waals surface area contributed by atoms with E-state index in [2.05, 4.69) is 21.2 Å². The number of benzene rings is 3. The molecule has 7 heteroatoms. The van der Waals surface area contributed by atoms with Gasteiger partial charge in [0.2, 0.25) is 5.91 Å². The molecule has 0 aromatic heterocycles. The fourth-order valence-electron chi connectivity index (χ4n) is 3.92. The first-order chi connectivity index (χ1) is 17.3. The quantitative estimate of drug-likeness (QED) is 0.295. The van der Waals surface area contributed by atoms with Gasteiger partial charge in [-0.2, -0.15) is 0 Å². The molecule has 3 rings (SSSR count). The Bertz CT molecular complexity index is 1150. The first-order valence-corrected chi connectivity index (χ1v) is 13.2. The number of aryl methyl sites for hydroxylation is 2. The van der Waals surface area contributed by atoms with Crippen molar-refractivity contribution >= 4 is 39.3 Å². The Morgan fingerprint density at radius 2 is 1.64 bits per heavy atom. The summed E-state index contributed by atoms with van der Waals surface area (Å²) >= 11 is 9.64. The molecule has 190 valence electrons. The van der Waals surface area contributed by atoms with Gasteiger partial charge in [-0.1, -0.05) is 76.9 Å². The second-order valence-corrected chi connectivity index (χ2v) is 10.0. The van der Waals surface area contributed by atoms with Crippen LogP contribution in [0.2, 0.25) is 5.02 Å². The molecule has 0 saturated heterocycles. The molecule has 36 heavy (non-hydrogen) atoms. The van der Waals surface area contributed by atoms with Crippen molar-refractivity contribution in [3.8, 4) is 5.75 Å². The second-order valence-electron chi connectivity index (χ2n) is 8.80. The van der Waals surface area contributed by atoms with Crippen molar-refractivity contribution in [1.82, 2.24) is 10.2 Å². The van der Waals surface area contributed by atoms with Crippen molar-refractivity contribution in [2.24, 2.45) is 0 Å². The molecule has 2 amide bonds. The maximum atomic E-state index is 13.6. The van der Waals surface area contributed by atoms with E-state index in [0.29, 0.717) is 23.7 Å². The number of amides is 2. The maximum absolute atomic E-state index is 13.6. The number of halogens is 2. The highest BCUT2D eigenvalue weighted by Gasteiger charge is 2.30. The zero-order valence-corrected chi connectivity index (χ0v) is 23.2. The zero-order valence-electron chi connectivity index (χ0n) is 20.9. The van der Waals surface area contributed by atoms with Crippen LogP contribution in [0.5, 0.6) is 5.75 Å². The van der Waals surface area contributed by atoms with Gasteiger partial charge in [-0.05, 0) is 66.8 Å². The average Bonchev–Trinajstić information content (AvgIpc) is 2.88. The van der Waals surface area contributed by atoms with Gasteiger partial charge in [-0.15, -0.1) is 0 Å². The first kappa shape index (κ1) is 27.8. The molecule has 0 saturated carbocycles. The largest absolute Gasteiger partial charge is 0.484 e. The Labute approximate surface area is 226 Å². The monoisotopic (exact) mass is 570 g/mol. The predicted octanol–water partition coefficient (Wildman–Crippen LogP) is 6.26. The van der Waals surface area contributed by atoms with E-state index in [0.717, 1.165) is 33.1 Å². The van der Waals surface area contributed by atoms with Crippen LogP contribution in [-0.2, 0) is 22.6 Å². The smallest absolute Gasteiger partial charge is 0.261 e. The summed E-state index contributed by atoms with van der Waals surface area (Å²) < 4.78 is 6.93. The summed E-state index contributed by atoms with van der Waals surface area (Å²) in [7, 11) is 0. The molecule has 1 N–H and O–H groups in total. The molecular formula is C29H32BrClN2O3. The number of ether oxygens (including phenoxy) is 1. The lowest BCUT2D eigenvalue weighted by Crippen LogP contribution is -2.51. The topological polar surface area (TPSA) is 58.6 Å². The average molecular weight is 572 g/mol. The van der Waals surface area contributed by atoms with Crippen molar-refractivity contribution in [2.45, 2.75) is 46.2 Å². The molecule has 0 unspecified atom stereocenters. The first-order valence-electron chi connectivity index (χ1n) is 12.0. The van der Waals surface area contributed by atoms with Gasteiger partial charge < -0.3 is 15.0 Å². The maximum Gasteiger partial charge on any atom is 0.261 e. The molecule has 0 aliphatic heterocycles. The number of hydrogen-bond donors (Lipinski definition) is 1. The third kappa shape index (κ3) is 7.84. The van der Waals surface area contributed by atoms with Gasteiger partial charge in [0.25, 0.3) is 5.91 Å². The van der Waals surface area contributed by atoms with Crippen LogP contribution in [0.4, 0.5) is 0 Å². The molecular weight excluding hydrogens is 540 g/mol. The molecule has 1 atom stereocenters. The number of carbonyl (C=O) groups excluding carboxylic acids is 2. The summed E-state index contributed by atoms with van der Waals surface area (Å²) in [5.41, 5.74) is 3.90. The fourth-order valence-corrected chi connectivity index (χ4v) is 4.28. The standard InChI is InChI=1S/C29H32BrClN2O3/c1-4-14-32-29(35)26(17-22-8-6-5-7-9-22)33(18-23-10-12-24(31)13-11-23)27(34)19-36-25-15-20(2)28(30)21(3)16-25/h5-13,15-16,26H,4,14,17-19H2,1-3H3,(H,32,35)/t26-/m1/s1. The van der Waals surface area contributed by atoms with E-state index in [1.165, 1.54) is 0 Å². The van der Waals surface area contributed by atoms with E-state index in [1.54, 1.807) is 17.0 Å². The summed E-state index contributed by atoms with van der Waals surface area (Å²) in [6.07, 6.45) is 1.20. The normalized spacial score (nSPS) is 11.6. The molecule has 0 aliphatic rings. The molecule has 3 aromatic carbocycles.